The van der Waals surface area contributed by atoms with Crippen LogP contribution in [-0.2, 0) is 4.79 Å². The molecule has 0 bridgehead atoms. The number of benzene rings is 2. The maximum Gasteiger partial charge on any atom is 0.253 e. The number of hydrogen-bond acceptors (Lipinski definition) is 2. The molecule has 0 aliphatic carbocycles. The van der Waals surface area contributed by atoms with E-state index in [9.17, 15) is 9.59 Å². The van der Waals surface area contributed by atoms with Crippen molar-refractivity contribution in [3.63, 3.8) is 0 Å². The number of carbonyl (C=O) groups excluding carboxylic acids is 2. The Morgan fingerprint density at radius 3 is 2.73 bits per heavy atom. The highest BCUT2D eigenvalue weighted by molar-refractivity contribution is 9.10. The number of hydrogen-bond donors (Lipinski definition) is 1. The van der Waals surface area contributed by atoms with E-state index < -0.39 is 0 Å². The van der Waals surface area contributed by atoms with Crippen LogP contribution in [0.15, 0.2) is 39.8 Å². The Hall–Kier alpha value is -1.98. The molecule has 1 aliphatic heterocycles. The zero-order chi connectivity index (χ0) is 18.8. The first-order valence-electron chi connectivity index (χ1n) is 8.30. The number of aryl methyl sites for hydroxylation is 2. The van der Waals surface area contributed by atoms with Crippen LogP contribution in [0.5, 0.6) is 0 Å². The number of nitrogens with zero attached hydrogens (tertiary/aromatic N) is 1. The summed E-state index contributed by atoms with van der Waals surface area (Å²) in [6.07, 6.45) is 2.43. The average Bonchev–Trinajstić information content (AvgIpc) is 2.59. The molecule has 0 saturated heterocycles. The van der Waals surface area contributed by atoms with E-state index >= 15 is 0 Å². The molecule has 0 fully saturated rings. The van der Waals surface area contributed by atoms with Crippen LogP contribution in [-0.4, -0.2) is 18.4 Å². The molecule has 0 radical (unpaired) electrons. The second-order valence-electron chi connectivity index (χ2n) is 6.39. The van der Waals surface area contributed by atoms with Crippen LogP contribution < -0.4 is 15.9 Å². The predicted molar refractivity (Wildman–Crippen MR) is 106 cm³/mol. The summed E-state index contributed by atoms with van der Waals surface area (Å²) in [5.41, 5.74) is 2.69. The lowest BCUT2D eigenvalue weighted by Crippen LogP contribution is -2.36. The van der Waals surface area contributed by atoms with Crippen LogP contribution in [0, 0.1) is 19.8 Å². The van der Waals surface area contributed by atoms with Gasteiger partial charge in [0.2, 0.25) is 0 Å². The van der Waals surface area contributed by atoms with Crippen molar-refractivity contribution in [3.8, 4) is 0 Å². The molecule has 6 heteroatoms. The van der Waals surface area contributed by atoms with Gasteiger partial charge in [-0.05, 0) is 66.9 Å². The minimum Gasteiger partial charge on any atom is -0.352 e. The van der Waals surface area contributed by atoms with Gasteiger partial charge in [-0.3, -0.25) is 9.59 Å². The van der Waals surface area contributed by atoms with Gasteiger partial charge in [0.15, 0.2) is 0 Å². The van der Waals surface area contributed by atoms with E-state index in [-0.39, 0.29) is 17.7 Å². The van der Waals surface area contributed by atoms with Gasteiger partial charge in [0.1, 0.15) is 0 Å². The fourth-order valence-electron chi connectivity index (χ4n) is 2.86. The van der Waals surface area contributed by atoms with Crippen LogP contribution in [0.2, 0.25) is 5.02 Å². The maximum atomic E-state index is 12.3. The van der Waals surface area contributed by atoms with Crippen molar-refractivity contribution in [2.24, 2.45) is 10.9 Å². The van der Waals surface area contributed by atoms with E-state index in [1.807, 2.05) is 32.1 Å². The summed E-state index contributed by atoms with van der Waals surface area (Å²) in [6, 6.07) is 9.10. The minimum atomic E-state index is -0.331. The predicted octanol–water partition coefficient (Wildman–Crippen LogP) is 3.10. The molecule has 1 heterocycles. The molecule has 0 spiro atoms. The van der Waals surface area contributed by atoms with Crippen LogP contribution in [0.1, 0.15) is 27.9 Å². The van der Waals surface area contributed by atoms with Gasteiger partial charge in [-0.25, -0.2) is 4.99 Å². The normalized spacial score (nSPS) is 15.7. The third kappa shape index (κ3) is 4.05. The Morgan fingerprint density at radius 1 is 1.23 bits per heavy atom. The Morgan fingerprint density at radius 2 is 1.96 bits per heavy atom. The SMILES string of the molecule is Cc1cc2c(cc1C)=NC(=O)C(CCNC(=O)c1cc(Br)ccc1Cl)C=2. The standard InChI is InChI=1S/C20H18BrClN2O2/c1-11-7-14-9-13(19(25)24-18(14)8-12(11)2)5-6-23-20(26)16-10-15(21)3-4-17(16)22/h3-4,7-10,13H,5-6H2,1-2H3,(H,23,26). The molecule has 0 aromatic heterocycles. The fraction of sp³-hybridized carbons (Fsp3) is 0.250. The van der Waals surface area contributed by atoms with Crippen molar-refractivity contribution in [2.45, 2.75) is 20.3 Å². The molecule has 2 amide bonds. The molecule has 4 nitrogen and oxygen atoms in total. The number of fused-ring (bicyclic) bond motifs is 1. The van der Waals surface area contributed by atoms with Crippen molar-refractivity contribution in [1.82, 2.24) is 5.32 Å². The van der Waals surface area contributed by atoms with Gasteiger partial charge in [0.25, 0.3) is 11.8 Å². The summed E-state index contributed by atoms with van der Waals surface area (Å²) in [5.74, 6) is -0.762. The van der Waals surface area contributed by atoms with Crippen molar-refractivity contribution in [3.05, 3.63) is 67.1 Å². The smallest absolute Gasteiger partial charge is 0.253 e. The molecule has 1 unspecified atom stereocenters. The van der Waals surface area contributed by atoms with Crippen LogP contribution in [0.4, 0.5) is 0 Å². The van der Waals surface area contributed by atoms with Crippen molar-refractivity contribution >= 4 is 45.4 Å². The minimum absolute atomic E-state index is 0.171. The summed E-state index contributed by atoms with van der Waals surface area (Å²) in [7, 11) is 0. The first-order valence-corrected chi connectivity index (χ1v) is 9.47. The molecule has 2 aromatic rings. The molecular formula is C20H18BrClN2O2. The quantitative estimate of drug-likeness (QED) is 0.805. The third-order valence-electron chi connectivity index (χ3n) is 4.49. The topological polar surface area (TPSA) is 58.5 Å². The van der Waals surface area contributed by atoms with Crippen molar-refractivity contribution < 1.29 is 9.59 Å². The highest BCUT2D eigenvalue weighted by Gasteiger charge is 2.19. The molecule has 3 rings (SSSR count). The molecule has 1 aliphatic rings. The maximum absolute atomic E-state index is 12.3. The summed E-state index contributed by atoms with van der Waals surface area (Å²) < 4.78 is 0.781. The largest absolute Gasteiger partial charge is 0.352 e. The molecule has 134 valence electrons. The van der Waals surface area contributed by atoms with Gasteiger partial charge in [-0.15, -0.1) is 0 Å². The Bertz CT molecular complexity index is 1020. The molecular weight excluding hydrogens is 416 g/mol. The lowest BCUT2D eigenvalue weighted by molar-refractivity contribution is -0.120. The molecule has 2 aromatic carbocycles. The zero-order valence-electron chi connectivity index (χ0n) is 14.5. The van der Waals surface area contributed by atoms with E-state index in [2.05, 4.69) is 26.2 Å². The molecule has 1 N–H and O–H groups in total. The molecule has 0 saturated carbocycles. The van der Waals surface area contributed by atoms with Gasteiger partial charge >= 0.3 is 0 Å². The second kappa shape index (κ2) is 7.72. The van der Waals surface area contributed by atoms with Gasteiger partial charge in [-0.2, -0.15) is 0 Å². The summed E-state index contributed by atoms with van der Waals surface area (Å²) in [5, 5.41) is 4.90. The molecule has 26 heavy (non-hydrogen) atoms. The summed E-state index contributed by atoms with van der Waals surface area (Å²) in [6.45, 7) is 4.41. The third-order valence-corrected chi connectivity index (χ3v) is 5.31. The Balaban J connectivity index is 1.69. The van der Waals surface area contributed by atoms with Crippen LogP contribution in [0.25, 0.3) is 6.08 Å². The first kappa shape index (κ1) is 18.8. The van der Waals surface area contributed by atoms with Gasteiger partial charge in [0, 0.05) is 11.0 Å². The fourth-order valence-corrected chi connectivity index (χ4v) is 3.42. The summed E-state index contributed by atoms with van der Waals surface area (Å²) >= 11 is 9.40. The highest BCUT2D eigenvalue weighted by atomic mass is 79.9. The van der Waals surface area contributed by atoms with Gasteiger partial charge < -0.3 is 5.32 Å². The Kier molecular flexibility index (Phi) is 5.58. The van der Waals surface area contributed by atoms with Gasteiger partial charge in [-0.1, -0.05) is 33.6 Å². The van der Waals surface area contributed by atoms with E-state index in [0.717, 1.165) is 20.6 Å². The lowest BCUT2D eigenvalue weighted by Gasteiger charge is -2.14. The van der Waals surface area contributed by atoms with Crippen molar-refractivity contribution in [2.75, 3.05) is 6.54 Å². The zero-order valence-corrected chi connectivity index (χ0v) is 16.8. The van der Waals surface area contributed by atoms with E-state index in [1.165, 1.54) is 5.56 Å². The molecule has 1 atom stereocenters. The van der Waals surface area contributed by atoms with E-state index in [0.29, 0.717) is 23.6 Å². The lowest BCUT2D eigenvalue weighted by atomic mass is 9.98. The van der Waals surface area contributed by atoms with Crippen LogP contribution >= 0.6 is 27.5 Å². The van der Waals surface area contributed by atoms with Crippen molar-refractivity contribution in [1.29, 1.82) is 0 Å². The monoisotopic (exact) mass is 432 g/mol. The van der Waals surface area contributed by atoms with E-state index in [4.69, 9.17) is 11.6 Å². The average molecular weight is 434 g/mol. The Labute approximate surface area is 165 Å². The van der Waals surface area contributed by atoms with E-state index in [1.54, 1.807) is 18.2 Å². The number of nitrogens with one attached hydrogen (secondary N) is 1. The number of rotatable bonds is 4. The summed E-state index contributed by atoms with van der Waals surface area (Å²) in [4.78, 5) is 28.7. The second-order valence-corrected chi connectivity index (χ2v) is 7.71. The first-order chi connectivity index (χ1) is 12.3. The van der Waals surface area contributed by atoms with Gasteiger partial charge in [0.05, 0.1) is 21.9 Å². The number of amides is 2. The number of halogens is 2. The number of carbonyl (C=O) groups is 2. The van der Waals surface area contributed by atoms with Crippen LogP contribution in [0.3, 0.4) is 0 Å². The highest BCUT2D eigenvalue weighted by Crippen LogP contribution is 2.21.